The van der Waals surface area contributed by atoms with Crippen molar-refractivity contribution in [2.75, 3.05) is 26.0 Å². The molecule has 21 heavy (non-hydrogen) atoms. The highest BCUT2D eigenvalue weighted by Gasteiger charge is 2.12. The smallest absolute Gasteiger partial charge is 0.254 e. The lowest BCUT2D eigenvalue weighted by Crippen LogP contribution is -2.26. The highest BCUT2D eigenvalue weighted by atomic mass is 35.5. The minimum absolute atomic E-state index is 0.0732. The predicted octanol–water partition coefficient (Wildman–Crippen LogP) is 3.07. The van der Waals surface area contributed by atoms with Gasteiger partial charge in [-0.15, -0.1) is 0 Å². The summed E-state index contributed by atoms with van der Waals surface area (Å²) in [6, 6.07) is 11.4. The van der Waals surface area contributed by atoms with Crippen molar-refractivity contribution < 1.29 is 4.79 Å². The molecule has 0 radical (unpaired) electrons. The van der Waals surface area contributed by atoms with E-state index in [0.29, 0.717) is 17.3 Å². The van der Waals surface area contributed by atoms with Crippen LogP contribution in [0.15, 0.2) is 42.6 Å². The second-order valence-electron chi connectivity index (χ2n) is 5.09. The summed E-state index contributed by atoms with van der Waals surface area (Å²) < 4.78 is 0. The topological polar surface area (TPSA) is 36.4 Å². The number of amides is 1. The highest BCUT2D eigenvalue weighted by Crippen LogP contribution is 2.15. The van der Waals surface area contributed by atoms with Gasteiger partial charge in [-0.25, -0.2) is 4.98 Å². The van der Waals surface area contributed by atoms with Crippen LogP contribution in [0.25, 0.3) is 0 Å². The number of benzene rings is 1. The average molecular weight is 304 g/mol. The average Bonchev–Trinajstić information content (AvgIpc) is 2.47. The van der Waals surface area contributed by atoms with E-state index in [4.69, 9.17) is 11.6 Å². The number of aromatic nitrogens is 1. The number of carbonyl (C=O) groups is 1. The molecular formula is C16H18ClN3O. The molecular weight excluding hydrogens is 286 g/mol. The SMILES string of the molecule is CN(Cc1ccc(N(C)C)cc1)C(=O)c1ccnc(Cl)c1. The molecule has 0 spiro atoms. The Balaban J connectivity index is 2.07. The Morgan fingerprint density at radius 2 is 1.81 bits per heavy atom. The minimum Gasteiger partial charge on any atom is -0.378 e. The van der Waals surface area contributed by atoms with Crippen LogP contribution in [0.5, 0.6) is 0 Å². The Hall–Kier alpha value is -2.07. The molecule has 0 saturated heterocycles. The van der Waals surface area contributed by atoms with Crippen LogP contribution >= 0.6 is 11.6 Å². The van der Waals surface area contributed by atoms with Gasteiger partial charge >= 0.3 is 0 Å². The number of pyridine rings is 1. The van der Waals surface area contributed by atoms with Gasteiger partial charge in [0.2, 0.25) is 0 Å². The summed E-state index contributed by atoms with van der Waals surface area (Å²) in [4.78, 5) is 19.9. The third-order valence-electron chi connectivity index (χ3n) is 3.19. The van der Waals surface area contributed by atoms with Crippen LogP contribution in [0.1, 0.15) is 15.9 Å². The molecule has 4 nitrogen and oxygen atoms in total. The molecule has 2 rings (SSSR count). The molecule has 0 aliphatic rings. The number of hydrogen-bond donors (Lipinski definition) is 0. The first kappa shape index (κ1) is 15.3. The molecule has 5 heteroatoms. The Morgan fingerprint density at radius 3 is 2.38 bits per heavy atom. The zero-order valence-electron chi connectivity index (χ0n) is 12.4. The standard InChI is InChI=1S/C16H18ClN3O/c1-19(2)14-6-4-12(5-7-14)11-20(3)16(21)13-8-9-18-15(17)10-13/h4-10H,11H2,1-3H3. The second-order valence-corrected chi connectivity index (χ2v) is 5.48. The quantitative estimate of drug-likeness (QED) is 0.815. The number of rotatable bonds is 4. The van der Waals surface area contributed by atoms with Gasteiger partial charge in [-0.3, -0.25) is 4.79 Å². The summed E-state index contributed by atoms with van der Waals surface area (Å²) in [5.74, 6) is -0.0732. The van der Waals surface area contributed by atoms with Crippen molar-refractivity contribution in [3.05, 3.63) is 58.9 Å². The van der Waals surface area contributed by atoms with E-state index in [9.17, 15) is 4.79 Å². The van der Waals surface area contributed by atoms with Crippen molar-refractivity contribution in [2.45, 2.75) is 6.54 Å². The Bertz CT molecular complexity index is 626. The van der Waals surface area contributed by atoms with Crippen LogP contribution in [0.2, 0.25) is 5.15 Å². The largest absolute Gasteiger partial charge is 0.378 e. The minimum atomic E-state index is -0.0732. The van der Waals surface area contributed by atoms with E-state index in [2.05, 4.69) is 4.98 Å². The number of halogens is 1. The molecule has 0 aliphatic carbocycles. The van der Waals surface area contributed by atoms with Crippen LogP contribution < -0.4 is 4.90 Å². The number of carbonyl (C=O) groups excluding carboxylic acids is 1. The number of hydrogen-bond acceptors (Lipinski definition) is 3. The molecule has 0 N–H and O–H groups in total. The Kier molecular flexibility index (Phi) is 4.81. The number of anilines is 1. The molecule has 0 fully saturated rings. The van der Waals surface area contributed by atoms with Gasteiger partial charge in [-0.2, -0.15) is 0 Å². The van der Waals surface area contributed by atoms with E-state index in [-0.39, 0.29) is 5.91 Å². The van der Waals surface area contributed by atoms with Crippen molar-refractivity contribution >= 4 is 23.2 Å². The van der Waals surface area contributed by atoms with Gasteiger partial charge in [0.05, 0.1) is 0 Å². The zero-order valence-corrected chi connectivity index (χ0v) is 13.1. The lowest BCUT2D eigenvalue weighted by molar-refractivity contribution is 0.0785. The molecule has 1 heterocycles. The lowest BCUT2D eigenvalue weighted by atomic mass is 10.1. The van der Waals surface area contributed by atoms with Crippen molar-refractivity contribution in [1.29, 1.82) is 0 Å². The molecule has 0 unspecified atom stereocenters. The molecule has 0 saturated carbocycles. The van der Waals surface area contributed by atoms with Gasteiger partial charge in [0.1, 0.15) is 5.15 Å². The summed E-state index contributed by atoms with van der Waals surface area (Å²) in [5, 5.41) is 0.324. The third kappa shape index (κ3) is 3.95. The van der Waals surface area contributed by atoms with Crippen LogP contribution in [-0.4, -0.2) is 36.9 Å². The van der Waals surface area contributed by atoms with Crippen molar-refractivity contribution in [3.8, 4) is 0 Å². The molecule has 2 aromatic rings. The maximum Gasteiger partial charge on any atom is 0.254 e. The van der Waals surface area contributed by atoms with E-state index in [1.807, 2.05) is 43.3 Å². The monoisotopic (exact) mass is 303 g/mol. The van der Waals surface area contributed by atoms with Crippen molar-refractivity contribution in [1.82, 2.24) is 9.88 Å². The first-order valence-corrected chi connectivity index (χ1v) is 6.98. The molecule has 110 valence electrons. The fourth-order valence-electron chi connectivity index (χ4n) is 2.00. The van der Waals surface area contributed by atoms with Crippen LogP contribution in [0, 0.1) is 0 Å². The van der Waals surface area contributed by atoms with Gasteiger partial charge in [0.25, 0.3) is 5.91 Å². The Labute approximate surface area is 130 Å². The molecule has 0 aliphatic heterocycles. The Morgan fingerprint density at radius 1 is 1.14 bits per heavy atom. The first-order chi connectivity index (χ1) is 9.97. The van der Waals surface area contributed by atoms with Gasteiger partial charge < -0.3 is 9.80 Å². The molecule has 0 bridgehead atoms. The maximum absolute atomic E-state index is 12.3. The fourth-order valence-corrected chi connectivity index (χ4v) is 2.17. The predicted molar refractivity (Wildman–Crippen MR) is 85.8 cm³/mol. The zero-order chi connectivity index (χ0) is 15.4. The normalized spacial score (nSPS) is 10.3. The van der Waals surface area contributed by atoms with Crippen LogP contribution in [0.4, 0.5) is 5.69 Å². The van der Waals surface area contributed by atoms with Crippen molar-refractivity contribution in [3.63, 3.8) is 0 Å². The first-order valence-electron chi connectivity index (χ1n) is 6.60. The summed E-state index contributed by atoms with van der Waals surface area (Å²) in [7, 11) is 5.77. The van der Waals surface area contributed by atoms with E-state index in [1.54, 1.807) is 24.1 Å². The highest BCUT2D eigenvalue weighted by molar-refractivity contribution is 6.29. The van der Waals surface area contributed by atoms with Crippen LogP contribution in [-0.2, 0) is 6.54 Å². The summed E-state index contributed by atoms with van der Waals surface area (Å²) in [5.41, 5.74) is 2.76. The van der Waals surface area contributed by atoms with Crippen LogP contribution in [0.3, 0.4) is 0 Å². The van der Waals surface area contributed by atoms with E-state index >= 15 is 0 Å². The maximum atomic E-state index is 12.3. The van der Waals surface area contributed by atoms with Gasteiger partial charge in [-0.1, -0.05) is 23.7 Å². The van der Waals surface area contributed by atoms with Gasteiger partial charge in [0, 0.05) is 45.1 Å². The fraction of sp³-hybridized carbons (Fsp3) is 0.250. The summed E-state index contributed by atoms with van der Waals surface area (Å²) >= 11 is 5.81. The number of nitrogens with zero attached hydrogens (tertiary/aromatic N) is 3. The molecule has 1 aromatic carbocycles. The second kappa shape index (κ2) is 6.59. The van der Waals surface area contributed by atoms with Crippen molar-refractivity contribution in [2.24, 2.45) is 0 Å². The molecule has 0 atom stereocenters. The third-order valence-corrected chi connectivity index (χ3v) is 3.40. The molecule has 1 aromatic heterocycles. The van der Waals surface area contributed by atoms with E-state index in [0.717, 1.165) is 11.3 Å². The van der Waals surface area contributed by atoms with E-state index < -0.39 is 0 Å². The van der Waals surface area contributed by atoms with Gasteiger partial charge in [-0.05, 0) is 29.8 Å². The summed E-state index contributed by atoms with van der Waals surface area (Å²) in [6.07, 6.45) is 1.54. The van der Waals surface area contributed by atoms with E-state index in [1.165, 1.54) is 6.20 Å². The molecule has 1 amide bonds. The summed E-state index contributed by atoms with van der Waals surface area (Å²) in [6.45, 7) is 0.548. The lowest BCUT2D eigenvalue weighted by Gasteiger charge is -2.18. The van der Waals surface area contributed by atoms with Gasteiger partial charge in [0.15, 0.2) is 0 Å².